The van der Waals surface area contributed by atoms with Crippen molar-refractivity contribution in [2.45, 2.75) is 80.9 Å². The van der Waals surface area contributed by atoms with Crippen LogP contribution < -0.4 is 27.8 Å². The maximum absolute atomic E-state index is 12.7. The quantitative estimate of drug-likeness (QED) is 0.0221. The van der Waals surface area contributed by atoms with Crippen molar-refractivity contribution in [1.29, 1.82) is 0 Å². The summed E-state index contributed by atoms with van der Waals surface area (Å²) >= 11 is 5.82. The minimum absolute atomic E-state index is 0.0137. The summed E-state index contributed by atoms with van der Waals surface area (Å²) in [6, 6.07) is 15.9. The summed E-state index contributed by atoms with van der Waals surface area (Å²) in [7, 11) is 0. The summed E-state index contributed by atoms with van der Waals surface area (Å²) < 4.78 is 0. The van der Waals surface area contributed by atoms with Crippen LogP contribution in [-0.2, 0) is 17.6 Å². The first-order chi connectivity index (χ1) is 28.9. The number of nitrogen functional groups attached to an aromatic ring is 2. The van der Waals surface area contributed by atoms with E-state index in [1.165, 1.54) is 4.90 Å². The van der Waals surface area contributed by atoms with Gasteiger partial charge in [0.05, 0.1) is 25.4 Å². The number of guanidine groups is 1. The maximum Gasteiger partial charge on any atom is 0.280 e. The van der Waals surface area contributed by atoms with E-state index in [2.05, 4.69) is 25.6 Å². The molecule has 338 valence electrons. The Morgan fingerprint density at radius 3 is 1.70 bits per heavy atom. The number of hydrogen-bond acceptors (Lipinski definition) is 18. The van der Waals surface area contributed by atoms with E-state index in [0.29, 0.717) is 19.4 Å². The van der Waals surface area contributed by atoms with Gasteiger partial charge in [0.15, 0.2) is 28.4 Å². The van der Waals surface area contributed by atoms with Gasteiger partial charge < -0.3 is 73.6 Å². The average molecular weight is 880 g/mol. The molecule has 8 atom stereocenters. The number of carbonyl (C=O) groups is 2. The zero-order valence-electron chi connectivity index (χ0n) is 33.4. The van der Waals surface area contributed by atoms with Crippen molar-refractivity contribution in [3.8, 4) is 11.1 Å². The van der Waals surface area contributed by atoms with Gasteiger partial charge in [-0.3, -0.25) is 24.8 Å². The average Bonchev–Trinajstić information content (AvgIpc) is 3.25. The molecule has 0 aliphatic carbocycles. The lowest BCUT2D eigenvalue weighted by Gasteiger charge is -2.33. The van der Waals surface area contributed by atoms with Gasteiger partial charge in [0.2, 0.25) is 5.91 Å². The number of aliphatic hydroxyl groups is 10. The largest absolute Gasteiger partial charge is 0.394 e. The van der Waals surface area contributed by atoms with E-state index in [1.54, 1.807) is 0 Å². The lowest BCUT2D eigenvalue weighted by Crippen LogP contribution is -2.54. The topological polar surface area (TPSA) is 380 Å². The molecule has 0 aliphatic rings. The van der Waals surface area contributed by atoms with Crippen LogP contribution >= 0.6 is 11.6 Å². The van der Waals surface area contributed by atoms with E-state index in [1.807, 2.05) is 48.5 Å². The Bertz CT molecular complexity index is 1820. The molecule has 0 aliphatic heterocycles. The Labute approximate surface area is 357 Å². The van der Waals surface area contributed by atoms with Crippen molar-refractivity contribution in [2.24, 2.45) is 10.7 Å². The smallest absolute Gasteiger partial charge is 0.280 e. The molecule has 61 heavy (non-hydrogen) atoms. The van der Waals surface area contributed by atoms with E-state index in [0.717, 1.165) is 35.1 Å². The molecule has 0 saturated carbocycles. The fourth-order valence-corrected chi connectivity index (χ4v) is 6.15. The maximum atomic E-state index is 12.7. The Hall–Kier alpha value is -4.62. The summed E-state index contributed by atoms with van der Waals surface area (Å²) in [5.41, 5.74) is 20.9. The van der Waals surface area contributed by atoms with Crippen molar-refractivity contribution in [3.63, 3.8) is 0 Å². The SMILES string of the molecule is NC(=NCCCCc1ccc(-c2ccc(CCC(=O)NCCN(C[C@H](O)[C@@H](O)[C@H](O)[C@H](O)CO)C[C@H](O)[C@@H](O)[C@H](O)[C@H](O)CO)cc2)cc1)NC(=O)c1nc(Cl)c(N)nc1N. The molecular formula is C39H58ClN9O12. The second kappa shape index (κ2) is 25.3. The lowest BCUT2D eigenvalue weighted by atomic mass is 9.99. The third kappa shape index (κ3) is 16.3. The van der Waals surface area contributed by atoms with Crippen LogP contribution in [0.5, 0.6) is 0 Å². The third-order valence-corrected chi connectivity index (χ3v) is 9.97. The number of anilines is 2. The summed E-state index contributed by atoms with van der Waals surface area (Å²) in [5, 5.41) is 104. The van der Waals surface area contributed by atoms with Crippen LogP contribution in [0.1, 0.15) is 40.9 Å². The zero-order valence-corrected chi connectivity index (χ0v) is 34.2. The highest BCUT2D eigenvalue weighted by Crippen LogP contribution is 2.22. The van der Waals surface area contributed by atoms with E-state index in [-0.39, 0.29) is 53.9 Å². The minimum atomic E-state index is -1.92. The van der Waals surface area contributed by atoms with Crippen molar-refractivity contribution >= 4 is 41.0 Å². The molecule has 22 heteroatoms. The zero-order chi connectivity index (χ0) is 45.2. The summed E-state index contributed by atoms with van der Waals surface area (Å²) in [6.07, 6.45) is -11.7. The van der Waals surface area contributed by atoms with Gasteiger partial charge in [0.25, 0.3) is 5.91 Å². The molecule has 18 N–H and O–H groups in total. The Balaban J connectivity index is 1.44. The molecule has 1 heterocycles. The van der Waals surface area contributed by atoms with Crippen LogP contribution in [0.4, 0.5) is 11.6 Å². The number of aliphatic imine (C=N–C) groups is 1. The Morgan fingerprint density at radius 2 is 1.20 bits per heavy atom. The molecule has 0 spiro atoms. The molecule has 0 unspecified atom stereocenters. The van der Waals surface area contributed by atoms with Crippen LogP contribution in [0.2, 0.25) is 5.15 Å². The number of aliphatic hydroxyl groups excluding tert-OH is 10. The van der Waals surface area contributed by atoms with Gasteiger partial charge in [-0.1, -0.05) is 60.1 Å². The lowest BCUT2D eigenvalue weighted by molar-refractivity contribution is -0.130. The summed E-state index contributed by atoms with van der Waals surface area (Å²) in [6.45, 7) is -2.36. The molecule has 1 aromatic heterocycles. The third-order valence-electron chi connectivity index (χ3n) is 9.69. The monoisotopic (exact) mass is 879 g/mol. The molecule has 0 bridgehead atoms. The second-order valence-electron chi connectivity index (χ2n) is 14.4. The summed E-state index contributed by atoms with van der Waals surface area (Å²) in [4.78, 5) is 38.1. The van der Waals surface area contributed by atoms with E-state index in [4.69, 9.17) is 39.0 Å². The van der Waals surface area contributed by atoms with Gasteiger partial charge in [-0.15, -0.1) is 0 Å². The molecule has 3 aromatic rings. The van der Waals surface area contributed by atoms with Crippen molar-refractivity contribution < 1.29 is 60.7 Å². The van der Waals surface area contributed by atoms with Crippen LogP contribution in [0.25, 0.3) is 11.1 Å². The fourth-order valence-electron chi connectivity index (χ4n) is 6.02. The fraction of sp³-hybridized carbons (Fsp3) is 0.513. The highest BCUT2D eigenvalue weighted by molar-refractivity contribution is 6.31. The summed E-state index contributed by atoms with van der Waals surface area (Å²) in [5.74, 6) is -1.41. The molecule has 0 saturated heterocycles. The number of aryl methyl sites for hydroxylation is 2. The highest BCUT2D eigenvalue weighted by atomic mass is 35.5. The predicted octanol–water partition coefficient (Wildman–Crippen LogP) is -3.75. The van der Waals surface area contributed by atoms with Crippen molar-refractivity contribution in [3.05, 3.63) is 70.5 Å². The van der Waals surface area contributed by atoms with Crippen LogP contribution in [0.3, 0.4) is 0 Å². The van der Waals surface area contributed by atoms with Gasteiger partial charge in [0.1, 0.15) is 36.6 Å². The number of carbonyl (C=O) groups excluding carboxylic acids is 2. The number of nitrogens with zero attached hydrogens (tertiary/aromatic N) is 4. The molecule has 2 aromatic carbocycles. The molecule has 21 nitrogen and oxygen atoms in total. The molecular weight excluding hydrogens is 822 g/mol. The Morgan fingerprint density at radius 1 is 0.705 bits per heavy atom. The number of unbranched alkanes of at least 4 members (excludes halogenated alkanes) is 1. The number of rotatable bonds is 25. The molecule has 0 radical (unpaired) electrons. The number of nitrogens with one attached hydrogen (secondary N) is 2. The number of nitrogens with two attached hydrogens (primary N) is 3. The molecule has 3 rings (SSSR count). The van der Waals surface area contributed by atoms with Gasteiger partial charge in [0, 0.05) is 39.1 Å². The number of hydrogen-bond donors (Lipinski definition) is 15. The van der Waals surface area contributed by atoms with E-state index < -0.39 is 81.0 Å². The predicted molar refractivity (Wildman–Crippen MR) is 225 cm³/mol. The minimum Gasteiger partial charge on any atom is -0.394 e. The highest BCUT2D eigenvalue weighted by Gasteiger charge is 2.34. The van der Waals surface area contributed by atoms with E-state index in [9.17, 15) is 50.4 Å². The molecule has 2 amide bonds. The first-order valence-corrected chi connectivity index (χ1v) is 19.9. The van der Waals surface area contributed by atoms with Crippen molar-refractivity contribution in [2.75, 3.05) is 57.4 Å². The van der Waals surface area contributed by atoms with Crippen molar-refractivity contribution in [1.82, 2.24) is 25.5 Å². The standard InChI is InChI=1S/C39H58ClN9O12/c40-35-37(42)47-36(41)30(46-35)38(61)48-39(43)45-14-2-1-3-21-4-9-23(10-5-21)24-11-6-22(7-12-24)8-13-29(56)44-15-16-49(17-25(52)31(57)33(59)27(54)19-50)18-26(53)32(58)34(60)28(55)20-51/h4-7,9-12,25-28,31-34,50-55,57-60H,1-3,8,13-20H2,(H,44,56)(H4,41,42,47)(H3,43,45,48,61)/t25-,26-,27+,28+,31+,32+,33+,34+/m0/s1. The van der Waals surface area contributed by atoms with Gasteiger partial charge >= 0.3 is 0 Å². The van der Waals surface area contributed by atoms with E-state index >= 15 is 0 Å². The Kier molecular flexibility index (Phi) is 21.1. The number of halogens is 1. The number of amides is 2. The van der Waals surface area contributed by atoms with Gasteiger partial charge in [-0.05, 0) is 47.9 Å². The van der Waals surface area contributed by atoms with Crippen LogP contribution in [0.15, 0.2) is 53.5 Å². The normalized spacial score (nSPS) is 16.0. The number of benzene rings is 2. The first kappa shape index (κ1) is 50.7. The molecule has 0 fully saturated rings. The number of aromatic nitrogens is 2. The van der Waals surface area contributed by atoms with Gasteiger partial charge in [-0.25, -0.2) is 9.97 Å². The van der Waals surface area contributed by atoms with Crippen LogP contribution in [-0.4, -0.2) is 178 Å². The first-order valence-electron chi connectivity index (χ1n) is 19.5. The second-order valence-corrected chi connectivity index (χ2v) is 14.8. The van der Waals surface area contributed by atoms with Gasteiger partial charge in [-0.2, -0.15) is 0 Å². The van der Waals surface area contributed by atoms with Crippen LogP contribution in [0, 0.1) is 0 Å².